The minimum atomic E-state index is -0.483. The minimum absolute atomic E-state index is 0.00184. The Balaban J connectivity index is 1.03. The van der Waals surface area contributed by atoms with E-state index in [0.717, 1.165) is 49.9 Å². The number of nitrogens with zero attached hydrogens (tertiary/aromatic N) is 2. The minimum Gasteiger partial charge on any atom is -0.366 e. The molecule has 10 heteroatoms. The molecule has 2 heterocycles. The Kier molecular flexibility index (Phi) is 18.5. The lowest BCUT2D eigenvalue weighted by Gasteiger charge is -2.26. The standard InChI is InChI=1S/C44H60N6O4/c45-41(51)37-23-29-49(30-24-37)43(53)39(33-35-19-13-11-14-20-35)47-27-17-9-7-5-3-1-2-4-6-8-10-18-28-48-40(34-36-21-15-12-16-22-36)44(54)50-31-25-38(26-32-50)42(46)52/h11-16,19-26,29,31,39-40,47-48H,1-10,17-18,27-28,30,32-34H2,(H2,45,51)(H2,46,52). The summed E-state index contributed by atoms with van der Waals surface area (Å²) in [6, 6.07) is 19.4. The Labute approximate surface area is 321 Å². The van der Waals surface area contributed by atoms with E-state index in [1.54, 1.807) is 46.5 Å². The molecule has 2 atom stereocenters. The van der Waals surface area contributed by atoms with Crippen LogP contribution < -0.4 is 22.1 Å². The van der Waals surface area contributed by atoms with E-state index in [2.05, 4.69) is 10.6 Å². The molecule has 2 aromatic rings. The van der Waals surface area contributed by atoms with Crippen LogP contribution in [0.15, 0.2) is 109 Å². The van der Waals surface area contributed by atoms with Gasteiger partial charge in [0.15, 0.2) is 0 Å². The number of hydrogen-bond donors (Lipinski definition) is 4. The van der Waals surface area contributed by atoms with E-state index in [9.17, 15) is 19.2 Å². The molecule has 4 amide bonds. The maximum Gasteiger partial charge on any atom is 0.248 e. The lowest BCUT2D eigenvalue weighted by molar-refractivity contribution is -0.131. The third kappa shape index (κ3) is 14.9. The molecule has 10 nitrogen and oxygen atoms in total. The lowest BCUT2D eigenvalue weighted by Crippen LogP contribution is -2.46. The molecule has 2 aliphatic rings. The molecule has 0 aromatic heterocycles. The van der Waals surface area contributed by atoms with Crippen molar-refractivity contribution in [3.8, 4) is 0 Å². The highest BCUT2D eigenvalue weighted by Gasteiger charge is 2.25. The summed E-state index contributed by atoms with van der Waals surface area (Å²) in [5.41, 5.74) is 13.8. The number of carbonyl (C=O) groups is 4. The van der Waals surface area contributed by atoms with E-state index < -0.39 is 11.8 Å². The van der Waals surface area contributed by atoms with Crippen molar-refractivity contribution >= 4 is 23.6 Å². The molecule has 2 aromatic carbocycles. The second-order valence-corrected chi connectivity index (χ2v) is 14.3. The zero-order chi connectivity index (χ0) is 38.4. The number of carbonyl (C=O) groups excluding carboxylic acids is 4. The van der Waals surface area contributed by atoms with Gasteiger partial charge in [0, 0.05) is 36.6 Å². The number of rotatable bonds is 25. The maximum atomic E-state index is 13.4. The van der Waals surface area contributed by atoms with E-state index in [4.69, 9.17) is 11.5 Å². The van der Waals surface area contributed by atoms with Crippen molar-refractivity contribution in [3.63, 3.8) is 0 Å². The number of nitrogens with one attached hydrogen (secondary N) is 2. The van der Waals surface area contributed by atoms with E-state index in [0.29, 0.717) is 37.1 Å². The van der Waals surface area contributed by atoms with Gasteiger partial charge in [-0.15, -0.1) is 0 Å². The lowest BCUT2D eigenvalue weighted by atomic mass is 10.0. The highest BCUT2D eigenvalue weighted by atomic mass is 16.2. The monoisotopic (exact) mass is 736 g/mol. The van der Waals surface area contributed by atoms with E-state index in [1.165, 1.54) is 51.4 Å². The number of primary amides is 2. The topological polar surface area (TPSA) is 151 Å². The highest BCUT2D eigenvalue weighted by Crippen LogP contribution is 2.15. The van der Waals surface area contributed by atoms with Crippen LogP contribution in [0.5, 0.6) is 0 Å². The Morgan fingerprint density at radius 3 is 1.15 bits per heavy atom. The zero-order valence-electron chi connectivity index (χ0n) is 31.8. The maximum absolute atomic E-state index is 13.4. The summed E-state index contributed by atoms with van der Waals surface area (Å²) >= 11 is 0. The van der Waals surface area contributed by atoms with Gasteiger partial charge in [0.25, 0.3) is 0 Å². The molecule has 0 saturated heterocycles. The van der Waals surface area contributed by atoms with Crippen LogP contribution in [0.3, 0.4) is 0 Å². The quantitative estimate of drug-likeness (QED) is 0.0975. The van der Waals surface area contributed by atoms with E-state index in [-0.39, 0.29) is 23.9 Å². The van der Waals surface area contributed by atoms with Crippen LogP contribution >= 0.6 is 0 Å². The van der Waals surface area contributed by atoms with Gasteiger partial charge in [0.1, 0.15) is 0 Å². The summed E-state index contributed by atoms with van der Waals surface area (Å²) in [5, 5.41) is 7.01. The van der Waals surface area contributed by atoms with Crippen molar-refractivity contribution in [2.75, 3.05) is 26.2 Å². The summed E-state index contributed by atoms with van der Waals surface area (Å²) in [5.74, 6) is -0.970. The summed E-state index contributed by atoms with van der Waals surface area (Å²) in [6.07, 6.45) is 25.5. The molecular weight excluding hydrogens is 677 g/mol. The first-order chi connectivity index (χ1) is 26.3. The molecule has 0 bridgehead atoms. The van der Waals surface area contributed by atoms with Crippen molar-refractivity contribution in [2.45, 2.75) is 102 Å². The van der Waals surface area contributed by atoms with Crippen LogP contribution in [0, 0.1) is 0 Å². The number of nitrogens with two attached hydrogens (primary N) is 2. The molecule has 0 radical (unpaired) electrons. The van der Waals surface area contributed by atoms with Crippen molar-refractivity contribution in [1.29, 1.82) is 0 Å². The van der Waals surface area contributed by atoms with Gasteiger partial charge in [0.2, 0.25) is 23.6 Å². The Morgan fingerprint density at radius 1 is 0.519 bits per heavy atom. The summed E-state index contributed by atoms with van der Waals surface area (Å²) < 4.78 is 0. The van der Waals surface area contributed by atoms with Crippen molar-refractivity contribution < 1.29 is 19.2 Å². The van der Waals surface area contributed by atoms with E-state index >= 15 is 0 Å². The van der Waals surface area contributed by atoms with Gasteiger partial charge < -0.3 is 31.9 Å². The van der Waals surface area contributed by atoms with Crippen LogP contribution in [0.2, 0.25) is 0 Å². The zero-order valence-corrected chi connectivity index (χ0v) is 31.8. The average Bonchev–Trinajstić information content (AvgIpc) is 3.20. The van der Waals surface area contributed by atoms with Crippen LogP contribution in [0.4, 0.5) is 0 Å². The first-order valence-corrected chi connectivity index (χ1v) is 19.8. The molecule has 54 heavy (non-hydrogen) atoms. The Bertz CT molecular complexity index is 1480. The van der Waals surface area contributed by atoms with Crippen LogP contribution in [0.25, 0.3) is 0 Å². The Morgan fingerprint density at radius 2 is 0.852 bits per heavy atom. The van der Waals surface area contributed by atoms with Gasteiger partial charge in [-0.1, -0.05) is 137 Å². The van der Waals surface area contributed by atoms with Crippen LogP contribution in [-0.4, -0.2) is 71.7 Å². The highest BCUT2D eigenvalue weighted by molar-refractivity contribution is 5.96. The number of benzene rings is 2. The average molecular weight is 737 g/mol. The molecular formula is C44H60N6O4. The summed E-state index contributed by atoms with van der Waals surface area (Å²) in [7, 11) is 0. The third-order valence-electron chi connectivity index (χ3n) is 10.1. The smallest absolute Gasteiger partial charge is 0.248 e. The molecule has 2 unspecified atom stereocenters. The van der Waals surface area contributed by atoms with Crippen LogP contribution in [-0.2, 0) is 32.0 Å². The second kappa shape index (κ2) is 23.8. The van der Waals surface area contributed by atoms with Gasteiger partial charge in [-0.3, -0.25) is 19.2 Å². The third-order valence-corrected chi connectivity index (χ3v) is 10.1. The van der Waals surface area contributed by atoms with Gasteiger partial charge in [0.05, 0.1) is 12.1 Å². The van der Waals surface area contributed by atoms with E-state index in [1.807, 2.05) is 60.7 Å². The van der Waals surface area contributed by atoms with Gasteiger partial charge in [-0.25, -0.2) is 0 Å². The fourth-order valence-corrected chi connectivity index (χ4v) is 6.85. The predicted molar refractivity (Wildman–Crippen MR) is 216 cm³/mol. The van der Waals surface area contributed by atoms with Crippen molar-refractivity contribution in [3.05, 3.63) is 120 Å². The SMILES string of the molecule is NC(=O)C1=CCN(C(=O)C(Cc2ccccc2)NCCCCCCCCCCCCCCNC(Cc2ccccc2)C(=O)N2C=CC(C(N)=O)=CC2)C=C1. The van der Waals surface area contributed by atoms with Crippen molar-refractivity contribution in [2.24, 2.45) is 11.5 Å². The molecule has 0 aliphatic carbocycles. The molecule has 0 saturated carbocycles. The second-order valence-electron chi connectivity index (χ2n) is 14.3. The van der Waals surface area contributed by atoms with Gasteiger partial charge >= 0.3 is 0 Å². The number of amides is 4. The Hall–Kier alpha value is -4.80. The summed E-state index contributed by atoms with van der Waals surface area (Å²) in [4.78, 5) is 53.0. The normalized spacial score (nSPS) is 15.0. The number of unbranched alkanes of at least 4 members (excludes halogenated alkanes) is 11. The van der Waals surface area contributed by atoms with Gasteiger partial charge in [-0.05, 0) is 62.1 Å². The largest absolute Gasteiger partial charge is 0.366 e. The van der Waals surface area contributed by atoms with Gasteiger partial charge in [-0.2, -0.15) is 0 Å². The first-order valence-electron chi connectivity index (χ1n) is 19.8. The summed E-state index contributed by atoms with van der Waals surface area (Å²) in [6.45, 7) is 2.26. The number of hydrogen-bond acceptors (Lipinski definition) is 6. The molecule has 6 N–H and O–H groups in total. The first kappa shape index (κ1) is 41.9. The molecule has 290 valence electrons. The van der Waals surface area contributed by atoms with Crippen molar-refractivity contribution in [1.82, 2.24) is 20.4 Å². The molecule has 4 rings (SSSR count). The molecule has 0 fully saturated rings. The molecule has 2 aliphatic heterocycles. The predicted octanol–water partition coefficient (Wildman–Crippen LogP) is 5.60. The molecule has 0 spiro atoms. The fourth-order valence-electron chi connectivity index (χ4n) is 6.85. The van der Waals surface area contributed by atoms with Crippen LogP contribution in [0.1, 0.15) is 88.2 Å². The fraction of sp³-hybridized carbons (Fsp3) is 0.455.